The number of aromatic nitrogens is 1. The summed E-state index contributed by atoms with van der Waals surface area (Å²) in [6.07, 6.45) is -3.36. The molecule has 1 aromatic heterocycles. The molecule has 0 amide bonds. The standard InChI is InChI=1S/C11H12F3N3/c12-11(13,14)4-2-5-16-8-9-3-1-6-17-10(9)7-15/h1,3,6,16H,2,4-5,8H2. The number of alkyl halides is 3. The van der Waals surface area contributed by atoms with E-state index in [0.29, 0.717) is 17.8 Å². The fourth-order valence-corrected chi connectivity index (χ4v) is 1.32. The van der Waals surface area contributed by atoms with Crippen LogP contribution in [0.15, 0.2) is 18.3 Å². The van der Waals surface area contributed by atoms with E-state index in [1.54, 1.807) is 12.1 Å². The van der Waals surface area contributed by atoms with Gasteiger partial charge in [0, 0.05) is 24.7 Å². The van der Waals surface area contributed by atoms with Gasteiger partial charge in [0.1, 0.15) is 11.8 Å². The molecule has 1 aromatic rings. The summed E-state index contributed by atoms with van der Waals surface area (Å²) in [5, 5.41) is 11.6. The van der Waals surface area contributed by atoms with Crippen molar-refractivity contribution in [2.75, 3.05) is 6.54 Å². The van der Waals surface area contributed by atoms with E-state index >= 15 is 0 Å². The minimum absolute atomic E-state index is 0.0334. The zero-order valence-electron chi connectivity index (χ0n) is 9.09. The Balaban J connectivity index is 2.30. The van der Waals surface area contributed by atoms with Crippen LogP contribution in [0.25, 0.3) is 0 Å². The van der Waals surface area contributed by atoms with Crippen LogP contribution < -0.4 is 5.32 Å². The number of halogens is 3. The number of nitrogens with one attached hydrogen (secondary N) is 1. The van der Waals surface area contributed by atoms with Gasteiger partial charge in [-0.05, 0) is 19.0 Å². The second-order valence-electron chi connectivity index (χ2n) is 3.52. The van der Waals surface area contributed by atoms with E-state index in [1.165, 1.54) is 6.20 Å². The van der Waals surface area contributed by atoms with Crippen molar-refractivity contribution in [3.8, 4) is 6.07 Å². The summed E-state index contributed by atoms with van der Waals surface area (Å²) >= 11 is 0. The first-order valence-electron chi connectivity index (χ1n) is 5.14. The van der Waals surface area contributed by atoms with Crippen LogP contribution in [0.1, 0.15) is 24.1 Å². The Kier molecular flexibility index (Phi) is 4.91. The van der Waals surface area contributed by atoms with Crippen LogP contribution in [0.2, 0.25) is 0 Å². The van der Waals surface area contributed by atoms with Crippen LogP contribution in [0.3, 0.4) is 0 Å². The third kappa shape index (κ3) is 5.31. The van der Waals surface area contributed by atoms with E-state index in [4.69, 9.17) is 5.26 Å². The van der Waals surface area contributed by atoms with E-state index in [0.717, 1.165) is 0 Å². The van der Waals surface area contributed by atoms with Crippen molar-refractivity contribution in [3.05, 3.63) is 29.6 Å². The molecule has 0 spiro atoms. The van der Waals surface area contributed by atoms with Gasteiger partial charge in [0.25, 0.3) is 0 Å². The molecule has 0 atom stereocenters. The van der Waals surface area contributed by atoms with E-state index in [-0.39, 0.29) is 13.0 Å². The monoisotopic (exact) mass is 243 g/mol. The van der Waals surface area contributed by atoms with Crippen molar-refractivity contribution in [2.24, 2.45) is 0 Å². The molecule has 3 nitrogen and oxygen atoms in total. The van der Waals surface area contributed by atoms with Crippen molar-refractivity contribution in [2.45, 2.75) is 25.6 Å². The molecule has 0 fully saturated rings. The Bertz CT molecular complexity index is 396. The van der Waals surface area contributed by atoms with Crippen LogP contribution in [0.5, 0.6) is 0 Å². The van der Waals surface area contributed by atoms with E-state index in [2.05, 4.69) is 10.3 Å². The van der Waals surface area contributed by atoms with Crippen molar-refractivity contribution in [1.29, 1.82) is 5.26 Å². The summed E-state index contributed by atoms with van der Waals surface area (Å²) in [4.78, 5) is 3.85. The molecule has 0 radical (unpaired) electrons. The molecule has 6 heteroatoms. The maximum absolute atomic E-state index is 11.8. The average Bonchev–Trinajstić information content (AvgIpc) is 2.27. The van der Waals surface area contributed by atoms with Gasteiger partial charge in [-0.1, -0.05) is 6.07 Å². The minimum Gasteiger partial charge on any atom is -0.313 e. The Labute approximate surface area is 97.3 Å². The molecule has 0 unspecified atom stereocenters. The quantitative estimate of drug-likeness (QED) is 0.808. The van der Waals surface area contributed by atoms with Crippen molar-refractivity contribution < 1.29 is 13.2 Å². The summed E-state index contributed by atoms with van der Waals surface area (Å²) in [7, 11) is 0. The maximum Gasteiger partial charge on any atom is 0.389 e. The first-order valence-corrected chi connectivity index (χ1v) is 5.14. The number of nitriles is 1. The summed E-state index contributed by atoms with van der Waals surface area (Å²) in [5.41, 5.74) is 0.998. The highest BCUT2D eigenvalue weighted by Gasteiger charge is 2.25. The van der Waals surface area contributed by atoms with Gasteiger partial charge in [0.05, 0.1) is 0 Å². The largest absolute Gasteiger partial charge is 0.389 e. The number of rotatable bonds is 5. The first-order chi connectivity index (χ1) is 8.03. The Morgan fingerprint density at radius 2 is 2.18 bits per heavy atom. The third-order valence-electron chi connectivity index (χ3n) is 2.13. The zero-order valence-corrected chi connectivity index (χ0v) is 9.09. The van der Waals surface area contributed by atoms with Gasteiger partial charge in [-0.2, -0.15) is 18.4 Å². The molecule has 0 aliphatic heterocycles. The molecule has 0 aliphatic carbocycles. The van der Waals surface area contributed by atoms with Gasteiger partial charge in [-0.25, -0.2) is 4.98 Å². The molecule has 17 heavy (non-hydrogen) atoms. The normalized spacial score (nSPS) is 11.2. The van der Waals surface area contributed by atoms with E-state index in [9.17, 15) is 13.2 Å². The summed E-state index contributed by atoms with van der Waals surface area (Å²) in [6, 6.07) is 5.34. The summed E-state index contributed by atoms with van der Waals surface area (Å²) in [5.74, 6) is 0. The summed E-state index contributed by atoms with van der Waals surface area (Å²) in [6.45, 7) is 0.619. The lowest BCUT2D eigenvalue weighted by molar-refractivity contribution is -0.135. The van der Waals surface area contributed by atoms with Crippen LogP contribution >= 0.6 is 0 Å². The first kappa shape index (κ1) is 13.5. The van der Waals surface area contributed by atoms with Gasteiger partial charge in [0.2, 0.25) is 0 Å². The molecule has 1 rings (SSSR count). The highest BCUT2D eigenvalue weighted by molar-refractivity contribution is 5.30. The van der Waals surface area contributed by atoms with Crippen LogP contribution in [-0.4, -0.2) is 17.7 Å². The number of hydrogen-bond acceptors (Lipinski definition) is 3. The number of pyridine rings is 1. The SMILES string of the molecule is N#Cc1ncccc1CNCCCC(F)(F)F. The molecule has 0 bridgehead atoms. The van der Waals surface area contributed by atoms with Gasteiger partial charge in [-0.15, -0.1) is 0 Å². The molecular weight excluding hydrogens is 231 g/mol. The van der Waals surface area contributed by atoms with Crippen LogP contribution in [0, 0.1) is 11.3 Å². The number of nitrogens with zero attached hydrogens (tertiary/aromatic N) is 2. The molecule has 1 heterocycles. The predicted molar refractivity (Wildman–Crippen MR) is 55.9 cm³/mol. The third-order valence-corrected chi connectivity index (χ3v) is 2.13. The zero-order chi connectivity index (χ0) is 12.7. The van der Waals surface area contributed by atoms with Gasteiger partial charge in [-0.3, -0.25) is 0 Å². The Hall–Kier alpha value is -1.61. The molecule has 0 saturated heterocycles. The van der Waals surface area contributed by atoms with Crippen LogP contribution in [0.4, 0.5) is 13.2 Å². The Morgan fingerprint density at radius 3 is 2.82 bits per heavy atom. The number of hydrogen-bond donors (Lipinski definition) is 1. The highest BCUT2D eigenvalue weighted by atomic mass is 19.4. The smallest absolute Gasteiger partial charge is 0.313 e. The van der Waals surface area contributed by atoms with Crippen molar-refractivity contribution in [3.63, 3.8) is 0 Å². The lowest BCUT2D eigenvalue weighted by atomic mass is 10.2. The molecule has 1 N–H and O–H groups in total. The van der Waals surface area contributed by atoms with Crippen LogP contribution in [-0.2, 0) is 6.54 Å². The fraction of sp³-hybridized carbons (Fsp3) is 0.455. The van der Waals surface area contributed by atoms with Gasteiger partial charge >= 0.3 is 6.18 Å². The van der Waals surface area contributed by atoms with Gasteiger partial charge in [0.15, 0.2) is 0 Å². The lowest BCUT2D eigenvalue weighted by Gasteiger charge is -2.07. The average molecular weight is 243 g/mol. The fourth-order valence-electron chi connectivity index (χ4n) is 1.32. The molecular formula is C11H12F3N3. The second-order valence-corrected chi connectivity index (χ2v) is 3.52. The van der Waals surface area contributed by atoms with E-state index < -0.39 is 12.6 Å². The Morgan fingerprint density at radius 1 is 1.41 bits per heavy atom. The van der Waals surface area contributed by atoms with E-state index in [1.807, 2.05) is 6.07 Å². The van der Waals surface area contributed by atoms with Crippen molar-refractivity contribution >= 4 is 0 Å². The van der Waals surface area contributed by atoms with Gasteiger partial charge < -0.3 is 5.32 Å². The molecule has 0 aliphatic rings. The molecule has 0 aromatic carbocycles. The summed E-state index contributed by atoms with van der Waals surface area (Å²) < 4.78 is 35.5. The molecule has 92 valence electrons. The topological polar surface area (TPSA) is 48.7 Å². The predicted octanol–water partition coefficient (Wildman–Crippen LogP) is 2.39. The van der Waals surface area contributed by atoms with Crippen molar-refractivity contribution in [1.82, 2.24) is 10.3 Å². The lowest BCUT2D eigenvalue weighted by Crippen LogP contribution is -2.18. The molecule has 0 saturated carbocycles. The minimum atomic E-state index is -4.10. The highest BCUT2D eigenvalue weighted by Crippen LogP contribution is 2.20. The maximum atomic E-state index is 11.8. The second kappa shape index (κ2) is 6.21.